The number of carboxylic acids is 1. The molecule has 2 rings (SSSR count). The number of rotatable bonds is 2. The topological polar surface area (TPSA) is 57.5 Å². The van der Waals surface area contributed by atoms with Gasteiger partial charge in [-0.25, -0.2) is 4.79 Å². The van der Waals surface area contributed by atoms with Gasteiger partial charge in [0.15, 0.2) is 0 Å². The summed E-state index contributed by atoms with van der Waals surface area (Å²) in [6, 6.07) is 0. The van der Waals surface area contributed by atoms with Gasteiger partial charge in [-0.3, -0.25) is 0 Å². The van der Waals surface area contributed by atoms with Crippen LogP contribution >= 0.6 is 0 Å². The van der Waals surface area contributed by atoms with Crippen molar-refractivity contribution in [1.82, 2.24) is 0 Å². The molecule has 2 aliphatic carbocycles. The van der Waals surface area contributed by atoms with E-state index >= 15 is 0 Å². The van der Waals surface area contributed by atoms with Gasteiger partial charge in [-0.1, -0.05) is 20.1 Å². The van der Waals surface area contributed by atoms with Crippen molar-refractivity contribution in [3.05, 3.63) is 24.3 Å². The molecule has 3 heteroatoms. The van der Waals surface area contributed by atoms with Gasteiger partial charge >= 0.3 is 5.97 Å². The van der Waals surface area contributed by atoms with E-state index in [1.807, 2.05) is 0 Å². The summed E-state index contributed by atoms with van der Waals surface area (Å²) < 4.78 is 0. The zero-order chi connectivity index (χ0) is 13.6. The molecule has 2 N–H and O–H groups in total. The van der Waals surface area contributed by atoms with Crippen molar-refractivity contribution in [2.75, 3.05) is 0 Å². The van der Waals surface area contributed by atoms with Crippen LogP contribution in [-0.4, -0.2) is 21.8 Å². The highest BCUT2D eigenvalue weighted by Crippen LogP contribution is 2.56. The first-order valence-electron chi connectivity index (χ1n) is 6.63. The van der Waals surface area contributed by atoms with Crippen molar-refractivity contribution in [3.63, 3.8) is 0 Å². The lowest BCUT2D eigenvalue weighted by molar-refractivity contribution is -0.135. The van der Waals surface area contributed by atoms with Gasteiger partial charge in [0.25, 0.3) is 0 Å². The van der Waals surface area contributed by atoms with Crippen LogP contribution in [-0.2, 0) is 4.79 Å². The molecule has 0 heterocycles. The quantitative estimate of drug-likeness (QED) is 0.585. The molecule has 18 heavy (non-hydrogen) atoms. The van der Waals surface area contributed by atoms with Gasteiger partial charge in [0.05, 0.1) is 5.60 Å². The maximum atomic E-state index is 11.0. The van der Waals surface area contributed by atoms with Crippen molar-refractivity contribution in [3.8, 4) is 0 Å². The van der Waals surface area contributed by atoms with Crippen molar-refractivity contribution in [1.29, 1.82) is 0 Å². The summed E-state index contributed by atoms with van der Waals surface area (Å²) in [5.74, 6) is -1.08. The molecule has 2 fully saturated rings. The van der Waals surface area contributed by atoms with Crippen molar-refractivity contribution < 1.29 is 15.0 Å². The number of hydrogen-bond acceptors (Lipinski definition) is 2. The highest BCUT2D eigenvalue weighted by atomic mass is 16.4. The molecule has 0 bridgehead atoms. The minimum Gasteiger partial charge on any atom is -0.478 e. The molecular weight excluding hydrogens is 228 g/mol. The van der Waals surface area contributed by atoms with E-state index < -0.39 is 11.6 Å². The fraction of sp³-hybridized carbons (Fsp3) is 0.667. The molecule has 2 saturated carbocycles. The zero-order valence-electron chi connectivity index (χ0n) is 11.0. The van der Waals surface area contributed by atoms with E-state index in [1.54, 1.807) is 0 Å². The summed E-state index contributed by atoms with van der Waals surface area (Å²) in [5, 5.41) is 20.0. The van der Waals surface area contributed by atoms with Gasteiger partial charge in [0.1, 0.15) is 0 Å². The molecule has 100 valence electrons. The van der Waals surface area contributed by atoms with E-state index in [4.69, 9.17) is 5.11 Å². The van der Waals surface area contributed by atoms with Gasteiger partial charge in [0.2, 0.25) is 0 Å². The van der Waals surface area contributed by atoms with Crippen molar-refractivity contribution in [2.24, 2.45) is 11.3 Å². The van der Waals surface area contributed by atoms with Crippen LogP contribution in [0.25, 0.3) is 0 Å². The maximum Gasteiger partial charge on any atom is 0.331 e. The summed E-state index contributed by atoms with van der Waals surface area (Å²) in [6.07, 6.45) is 5.03. The molecule has 0 radical (unpaired) electrons. The monoisotopic (exact) mass is 250 g/mol. The molecule has 3 nitrogen and oxygen atoms in total. The Bertz CT molecular complexity index is 412. The first-order valence-corrected chi connectivity index (χ1v) is 6.63. The van der Waals surface area contributed by atoms with Gasteiger partial charge < -0.3 is 10.2 Å². The molecule has 0 spiro atoms. The van der Waals surface area contributed by atoms with Gasteiger partial charge in [-0.05, 0) is 50.0 Å². The van der Waals surface area contributed by atoms with Crippen LogP contribution in [0, 0.1) is 11.3 Å². The summed E-state index contributed by atoms with van der Waals surface area (Å²) >= 11 is 0. The van der Waals surface area contributed by atoms with Crippen LogP contribution in [0.15, 0.2) is 24.3 Å². The highest BCUT2D eigenvalue weighted by molar-refractivity contribution is 5.86. The molecule has 0 saturated heterocycles. The predicted octanol–water partition coefficient (Wildman–Crippen LogP) is 2.90. The highest BCUT2D eigenvalue weighted by Gasteiger charge is 2.54. The van der Waals surface area contributed by atoms with Crippen LogP contribution in [0.1, 0.15) is 45.4 Å². The number of aliphatic hydroxyl groups is 1. The van der Waals surface area contributed by atoms with Gasteiger partial charge in [-0.15, -0.1) is 0 Å². The standard InChI is InChI=1S/C15H22O3/c1-10-5-4-7-14(3)8-6-12(9-15(10,14)18)11(2)13(16)17/h12,18H,1-2,4-9H2,3H3,(H,16,17)/t12-,14-,15-/m1/s1. The van der Waals surface area contributed by atoms with Crippen LogP contribution < -0.4 is 0 Å². The van der Waals surface area contributed by atoms with Crippen LogP contribution in [0.2, 0.25) is 0 Å². The lowest BCUT2D eigenvalue weighted by Gasteiger charge is -2.55. The average molecular weight is 250 g/mol. The molecule has 0 amide bonds. The Morgan fingerprint density at radius 3 is 2.72 bits per heavy atom. The third kappa shape index (κ3) is 1.81. The molecule has 2 aliphatic rings. The molecule has 0 aromatic rings. The summed E-state index contributed by atoms with van der Waals surface area (Å²) in [4.78, 5) is 11.0. The second-order valence-electron chi connectivity index (χ2n) is 6.15. The van der Waals surface area contributed by atoms with E-state index in [-0.39, 0.29) is 16.9 Å². The van der Waals surface area contributed by atoms with E-state index in [0.29, 0.717) is 6.42 Å². The number of carboxylic acid groups (broad SMARTS) is 1. The molecule has 3 atom stereocenters. The Kier molecular flexibility index (Phi) is 3.14. The lowest BCUT2D eigenvalue weighted by Crippen LogP contribution is -2.54. The zero-order valence-corrected chi connectivity index (χ0v) is 11.0. The van der Waals surface area contributed by atoms with Crippen molar-refractivity contribution >= 4 is 5.97 Å². The normalized spacial score (nSPS) is 40.1. The minimum absolute atomic E-state index is 0.129. The molecular formula is C15H22O3. The molecule has 0 aliphatic heterocycles. The Balaban J connectivity index is 2.26. The Labute approximate surface area is 108 Å². The van der Waals surface area contributed by atoms with Crippen molar-refractivity contribution in [2.45, 2.75) is 51.0 Å². The SMILES string of the molecule is C=C(C(=O)O)[C@@H]1CC[C@@]2(C)CCCC(=C)[C@]2(O)C1. The second kappa shape index (κ2) is 4.23. The van der Waals surface area contributed by atoms with E-state index in [9.17, 15) is 9.90 Å². The largest absolute Gasteiger partial charge is 0.478 e. The lowest BCUT2D eigenvalue weighted by atomic mass is 9.53. The molecule has 0 aromatic heterocycles. The maximum absolute atomic E-state index is 11.0. The smallest absolute Gasteiger partial charge is 0.331 e. The van der Waals surface area contributed by atoms with Crippen LogP contribution in [0.3, 0.4) is 0 Å². The number of hydrogen-bond donors (Lipinski definition) is 2. The predicted molar refractivity (Wildman–Crippen MR) is 70.2 cm³/mol. The van der Waals surface area contributed by atoms with Gasteiger partial charge in [-0.2, -0.15) is 0 Å². The van der Waals surface area contributed by atoms with Crippen LogP contribution in [0.5, 0.6) is 0 Å². The molecule has 0 aromatic carbocycles. The summed E-state index contributed by atoms with van der Waals surface area (Å²) in [6.45, 7) is 9.79. The van der Waals surface area contributed by atoms with E-state index in [2.05, 4.69) is 20.1 Å². The van der Waals surface area contributed by atoms with E-state index in [0.717, 1.165) is 37.7 Å². The first-order chi connectivity index (χ1) is 8.30. The summed E-state index contributed by atoms with van der Waals surface area (Å²) in [7, 11) is 0. The Hall–Kier alpha value is -1.09. The molecule has 0 unspecified atom stereocenters. The second-order valence-corrected chi connectivity index (χ2v) is 6.15. The first kappa shape index (κ1) is 13.3. The van der Waals surface area contributed by atoms with E-state index in [1.165, 1.54) is 0 Å². The third-order valence-corrected chi connectivity index (χ3v) is 5.14. The average Bonchev–Trinajstić information content (AvgIpc) is 2.30. The number of fused-ring (bicyclic) bond motifs is 1. The fourth-order valence-electron chi connectivity index (χ4n) is 3.68. The Morgan fingerprint density at radius 2 is 2.11 bits per heavy atom. The third-order valence-electron chi connectivity index (χ3n) is 5.14. The van der Waals surface area contributed by atoms with Gasteiger partial charge in [0, 0.05) is 11.0 Å². The minimum atomic E-state index is -0.950. The number of aliphatic carboxylic acids is 1. The summed E-state index contributed by atoms with van der Waals surface area (Å²) in [5.41, 5.74) is 0.0486. The fourth-order valence-corrected chi connectivity index (χ4v) is 3.68. The van der Waals surface area contributed by atoms with Crippen LogP contribution in [0.4, 0.5) is 0 Å². The number of carbonyl (C=O) groups is 1. The Morgan fingerprint density at radius 1 is 1.44 bits per heavy atom.